The number of aliphatic hydroxyl groups excluding tert-OH is 1. The van der Waals surface area contributed by atoms with Crippen LogP contribution in [0.25, 0.3) is 0 Å². The quantitative estimate of drug-likeness (QED) is 0.877. The fraction of sp³-hybridized carbons (Fsp3) is 0.294. The molecule has 3 rings (SSSR count). The molecule has 0 saturated carbocycles. The lowest BCUT2D eigenvalue weighted by Gasteiger charge is -2.20. The smallest absolute Gasteiger partial charge is 0.0649 e. The van der Waals surface area contributed by atoms with Crippen molar-refractivity contribution in [1.29, 1.82) is 0 Å². The Kier molecular flexibility index (Phi) is 4.02. The zero-order valence-corrected chi connectivity index (χ0v) is 12.5. The summed E-state index contributed by atoms with van der Waals surface area (Å²) in [7, 11) is 0. The molecule has 1 N–H and O–H groups in total. The van der Waals surface area contributed by atoms with E-state index in [9.17, 15) is 5.11 Å². The first-order chi connectivity index (χ1) is 9.65. The molecule has 0 radical (unpaired) electrons. The van der Waals surface area contributed by atoms with E-state index in [2.05, 4.69) is 18.2 Å². The molecule has 2 aromatic rings. The van der Waals surface area contributed by atoms with Crippen LogP contribution < -0.4 is 0 Å². The van der Waals surface area contributed by atoms with Crippen molar-refractivity contribution in [3.8, 4) is 0 Å². The van der Waals surface area contributed by atoms with Gasteiger partial charge in [-0.25, -0.2) is 0 Å². The molecule has 1 nitrogen and oxygen atoms in total. The third kappa shape index (κ3) is 2.71. The molecule has 0 aliphatic heterocycles. The van der Waals surface area contributed by atoms with Crippen molar-refractivity contribution in [1.82, 2.24) is 0 Å². The summed E-state index contributed by atoms with van der Waals surface area (Å²) in [6, 6.07) is 13.8. The van der Waals surface area contributed by atoms with Gasteiger partial charge in [-0.1, -0.05) is 47.5 Å². The second-order valence-electron chi connectivity index (χ2n) is 5.35. The molecule has 1 aliphatic rings. The summed E-state index contributed by atoms with van der Waals surface area (Å²) in [4.78, 5) is 0. The number of aryl methyl sites for hydroxylation is 1. The zero-order chi connectivity index (χ0) is 14.1. The minimum absolute atomic E-state index is 0.196. The molecule has 2 atom stereocenters. The molecule has 0 heterocycles. The molecule has 2 aromatic carbocycles. The van der Waals surface area contributed by atoms with Crippen LogP contribution in [-0.2, 0) is 12.8 Å². The van der Waals surface area contributed by atoms with Crippen molar-refractivity contribution in [3.05, 3.63) is 69.2 Å². The van der Waals surface area contributed by atoms with Gasteiger partial charge in [0.05, 0.1) is 6.10 Å². The highest BCUT2D eigenvalue weighted by Gasteiger charge is 2.28. The Bertz CT molecular complexity index is 624. The van der Waals surface area contributed by atoms with Gasteiger partial charge in [0.15, 0.2) is 0 Å². The Labute approximate surface area is 129 Å². The maximum atomic E-state index is 10.6. The molecule has 2 unspecified atom stereocenters. The molecule has 3 heteroatoms. The van der Waals surface area contributed by atoms with Gasteiger partial charge < -0.3 is 5.11 Å². The third-order valence-electron chi connectivity index (χ3n) is 4.08. The van der Waals surface area contributed by atoms with Crippen LogP contribution in [0, 0.1) is 0 Å². The van der Waals surface area contributed by atoms with E-state index in [4.69, 9.17) is 23.2 Å². The van der Waals surface area contributed by atoms with Crippen LogP contribution in [0.1, 0.15) is 29.0 Å². The highest BCUT2D eigenvalue weighted by Crippen LogP contribution is 2.37. The van der Waals surface area contributed by atoms with Gasteiger partial charge in [-0.3, -0.25) is 0 Å². The zero-order valence-electron chi connectivity index (χ0n) is 11.0. The largest absolute Gasteiger partial charge is 0.392 e. The number of fused-ring (bicyclic) bond motifs is 1. The first-order valence-electron chi connectivity index (χ1n) is 6.85. The predicted octanol–water partition coefficient (Wildman–Crippen LogP) is 4.63. The van der Waals surface area contributed by atoms with E-state index in [1.54, 1.807) is 12.1 Å². The van der Waals surface area contributed by atoms with Gasteiger partial charge in [0, 0.05) is 22.4 Å². The number of benzene rings is 2. The maximum absolute atomic E-state index is 10.6. The Morgan fingerprint density at radius 2 is 1.95 bits per heavy atom. The lowest BCUT2D eigenvalue weighted by molar-refractivity contribution is 0.143. The van der Waals surface area contributed by atoms with E-state index < -0.39 is 6.10 Å². The van der Waals surface area contributed by atoms with E-state index in [1.807, 2.05) is 12.1 Å². The van der Waals surface area contributed by atoms with Crippen LogP contribution in [0.2, 0.25) is 10.0 Å². The highest BCUT2D eigenvalue weighted by molar-refractivity contribution is 6.33. The normalized spacial score (nSPS) is 18.9. The summed E-state index contributed by atoms with van der Waals surface area (Å²) < 4.78 is 0. The molecular weight excluding hydrogens is 291 g/mol. The van der Waals surface area contributed by atoms with Gasteiger partial charge in [-0.2, -0.15) is 0 Å². The number of halogens is 2. The predicted molar refractivity (Wildman–Crippen MR) is 83.7 cm³/mol. The summed E-state index contributed by atoms with van der Waals surface area (Å²) >= 11 is 12.2. The summed E-state index contributed by atoms with van der Waals surface area (Å²) in [5, 5.41) is 11.9. The number of rotatable bonds is 3. The molecule has 0 bridgehead atoms. The summed E-state index contributed by atoms with van der Waals surface area (Å²) in [5.74, 6) is 0.196. The van der Waals surface area contributed by atoms with Gasteiger partial charge in [0.25, 0.3) is 0 Å². The first kappa shape index (κ1) is 13.9. The van der Waals surface area contributed by atoms with Gasteiger partial charge in [0.1, 0.15) is 0 Å². The minimum Gasteiger partial charge on any atom is -0.392 e. The number of hydrogen-bond donors (Lipinski definition) is 1. The average molecular weight is 307 g/mol. The second kappa shape index (κ2) is 5.77. The van der Waals surface area contributed by atoms with E-state index in [-0.39, 0.29) is 5.92 Å². The van der Waals surface area contributed by atoms with Crippen molar-refractivity contribution in [2.24, 2.45) is 0 Å². The standard InChI is InChI=1S/C17H16Cl2O/c18-13-6-8-16(19)12(9-13)10-17(20)15-7-5-11-3-1-2-4-14(11)15/h1-4,6,8-9,15,17,20H,5,7,10H2. The monoisotopic (exact) mass is 306 g/mol. The number of aliphatic hydroxyl groups is 1. The molecule has 1 aliphatic carbocycles. The van der Waals surface area contributed by atoms with Gasteiger partial charge in [-0.15, -0.1) is 0 Å². The lowest BCUT2D eigenvalue weighted by atomic mass is 9.91. The summed E-state index contributed by atoms with van der Waals surface area (Å²) in [6.45, 7) is 0. The van der Waals surface area contributed by atoms with Crippen molar-refractivity contribution in [2.45, 2.75) is 31.3 Å². The van der Waals surface area contributed by atoms with E-state index in [0.29, 0.717) is 16.5 Å². The van der Waals surface area contributed by atoms with Crippen molar-refractivity contribution < 1.29 is 5.11 Å². The Hall–Kier alpha value is -1.02. The van der Waals surface area contributed by atoms with Crippen LogP contribution >= 0.6 is 23.2 Å². The third-order valence-corrected chi connectivity index (χ3v) is 4.68. The molecule has 0 fully saturated rings. The van der Waals surface area contributed by atoms with E-state index >= 15 is 0 Å². The van der Waals surface area contributed by atoms with Crippen LogP contribution in [-0.4, -0.2) is 11.2 Å². The molecule has 104 valence electrons. The lowest BCUT2D eigenvalue weighted by Crippen LogP contribution is -2.19. The van der Waals surface area contributed by atoms with Crippen LogP contribution in [0.5, 0.6) is 0 Å². The highest BCUT2D eigenvalue weighted by atomic mass is 35.5. The van der Waals surface area contributed by atoms with E-state index in [0.717, 1.165) is 18.4 Å². The summed E-state index contributed by atoms with van der Waals surface area (Å²) in [6.07, 6.45) is 2.16. The van der Waals surface area contributed by atoms with Crippen molar-refractivity contribution in [2.75, 3.05) is 0 Å². The number of hydrogen-bond acceptors (Lipinski definition) is 1. The topological polar surface area (TPSA) is 20.2 Å². The molecule has 0 saturated heterocycles. The maximum Gasteiger partial charge on any atom is 0.0649 e. The summed E-state index contributed by atoms with van der Waals surface area (Å²) in [5.41, 5.74) is 3.54. The Morgan fingerprint density at radius 3 is 2.80 bits per heavy atom. The first-order valence-corrected chi connectivity index (χ1v) is 7.60. The van der Waals surface area contributed by atoms with Gasteiger partial charge >= 0.3 is 0 Å². The molecule has 20 heavy (non-hydrogen) atoms. The Morgan fingerprint density at radius 1 is 1.15 bits per heavy atom. The van der Waals surface area contributed by atoms with Crippen LogP contribution in [0.4, 0.5) is 0 Å². The Balaban J connectivity index is 1.81. The fourth-order valence-electron chi connectivity index (χ4n) is 3.06. The minimum atomic E-state index is -0.422. The molecule has 0 aromatic heterocycles. The fourth-order valence-corrected chi connectivity index (χ4v) is 3.45. The SMILES string of the molecule is OC(Cc1cc(Cl)ccc1Cl)C1CCc2ccccc21. The molecular formula is C17H16Cl2O. The van der Waals surface area contributed by atoms with Gasteiger partial charge in [0.2, 0.25) is 0 Å². The van der Waals surface area contributed by atoms with E-state index in [1.165, 1.54) is 11.1 Å². The van der Waals surface area contributed by atoms with Gasteiger partial charge in [-0.05, 0) is 47.7 Å². The molecule has 0 spiro atoms. The van der Waals surface area contributed by atoms with Crippen molar-refractivity contribution >= 4 is 23.2 Å². The van der Waals surface area contributed by atoms with Crippen LogP contribution in [0.3, 0.4) is 0 Å². The molecule has 0 amide bonds. The second-order valence-corrected chi connectivity index (χ2v) is 6.19. The van der Waals surface area contributed by atoms with Crippen LogP contribution in [0.15, 0.2) is 42.5 Å². The average Bonchev–Trinajstić information content (AvgIpc) is 2.87. The van der Waals surface area contributed by atoms with Crippen molar-refractivity contribution in [3.63, 3.8) is 0 Å².